The van der Waals surface area contributed by atoms with Crippen molar-refractivity contribution >= 4 is 11.9 Å². The van der Waals surface area contributed by atoms with E-state index in [1.807, 2.05) is 19.9 Å². The Morgan fingerprint density at radius 2 is 2.04 bits per heavy atom. The number of rotatable bonds is 7. The number of aromatic carboxylic acids is 1. The van der Waals surface area contributed by atoms with Crippen LogP contribution in [0.3, 0.4) is 0 Å². The zero-order valence-corrected chi connectivity index (χ0v) is 14.5. The average molecular weight is 343 g/mol. The third-order valence-corrected chi connectivity index (χ3v) is 3.46. The summed E-state index contributed by atoms with van der Waals surface area (Å²) in [6.45, 7) is 6.09. The molecule has 25 heavy (non-hydrogen) atoms. The Hall–Kier alpha value is -3.02. The van der Waals surface area contributed by atoms with Crippen LogP contribution >= 0.6 is 0 Å². The number of allylic oxidation sites excluding steroid dienone is 1. The molecule has 1 amide bonds. The normalized spacial score (nSPS) is 10.2. The maximum atomic E-state index is 12.2. The summed E-state index contributed by atoms with van der Waals surface area (Å²) >= 11 is 0. The highest BCUT2D eigenvalue weighted by atomic mass is 16.5. The summed E-state index contributed by atoms with van der Waals surface area (Å²) in [5.74, 6) is -0.0450. The Morgan fingerprint density at radius 1 is 1.28 bits per heavy atom. The number of carboxylic acid groups (broad SMARTS) is 1. The number of hydrogen-bond acceptors (Lipinski definition) is 4. The van der Waals surface area contributed by atoms with Crippen molar-refractivity contribution in [3.63, 3.8) is 0 Å². The minimum absolute atomic E-state index is 0.0962. The first-order valence-corrected chi connectivity index (χ1v) is 7.84. The Labute approximate surface area is 146 Å². The number of aryl methyl sites for hydroxylation is 1. The van der Waals surface area contributed by atoms with Gasteiger partial charge in [0.05, 0.1) is 6.54 Å². The first-order chi connectivity index (χ1) is 11.9. The third kappa shape index (κ3) is 5.24. The number of carbonyl (C=O) groups is 2. The van der Waals surface area contributed by atoms with Crippen molar-refractivity contribution in [3.8, 4) is 5.75 Å². The van der Waals surface area contributed by atoms with Crippen LogP contribution in [0.4, 0.5) is 0 Å². The van der Waals surface area contributed by atoms with Crippen LogP contribution in [0.25, 0.3) is 0 Å². The maximum Gasteiger partial charge on any atom is 0.339 e. The van der Waals surface area contributed by atoms with Crippen LogP contribution in [0.15, 0.2) is 46.4 Å². The zero-order chi connectivity index (χ0) is 18.4. The van der Waals surface area contributed by atoms with Crippen molar-refractivity contribution in [2.24, 2.45) is 0 Å². The monoisotopic (exact) mass is 343 g/mol. The van der Waals surface area contributed by atoms with Gasteiger partial charge in [-0.3, -0.25) is 4.79 Å². The first kappa shape index (κ1) is 18.3. The van der Waals surface area contributed by atoms with Crippen LogP contribution < -0.4 is 10.1 Å². The molecule has 0 aliphatic heterocycles. The summed E-state index contributed by atoms with van der Waals surface area (Å²) in [7, 11) is 0. The molecule has 0 spiro atoms. The summed E-state index contributed by atoms with van der Waals surface area (Å²) in [6.07, 6.45) is 1.95. The molecular formula is C19H21NO5. The summed E-state index contributed by atoms with van der Waals surface area (Å²) < 4.78 is 10.9. The predicted octanol–water partition coefficient (Wildman–Crippen LogP) is 3.56. The summed E-state index contributed by atoms with van der Waals surface area (Å²) in [5, 5.41) is 11.7. The summed E-state index contributed by atoms with van der Waals surface area (Å²) in [5.41, 5.74) is 1.71. The fraction of sp³-hybridized carbons (Fsp3) is 0.263. The molecule has 6 nitrogen and oxygen atoms in total. The van der Waals surface area contributed by atoms with E-state index >= 15 is 0 Å². The predicted molar refractivity (Wildman–Crippen MR) is 92.9 cm³/mol. The topological polar surface area (TPSA) is 88.8 Å². The van der Waals surface area contributed by atoms with Crippen molar-refractivity contribution in [2.45, 2.75) is 27.3 Å². The van der Waals surface area contributed by atoms with Gasteiger partial charge < -0.3 is 19.6 Å². The van der Waals surface area contributed by atoms with Crippen molar-refractivity contribution < 1.29 is 23.8 Å². The molecule has 0 unspecified atom stereocenters. The van der Waals surface area contributed by atoms with E-state index in [0.717, 1.165) is 5.57 Å². The van der Waals surface area contributed by atoms with Gasteiger partial charge in [0.15, 0.2) is 0 Å². The van der Waals surface area contributed by atoms with Crippen molar-refractivity contribution in [2.75, 3.05) is 6.61 Å². The number of hydrogen-bond donors (Lipinski definition) is 2. The van der Waals surface area contributed by atoms with E-state index < -0.39 is 5.97 Å². The van der Waals surface area contributed by atoms with Crippen LogP contribution in [-0.2, 0) is 6.54 Å². The lowest BCUT2D eigenvalue weighted by atomic mass is 10.2. The number of carbonyl (C=O) groups excluding carboxylic acids is 1. The van der Waals surface area contributed by atoms with Gasteiger partial charge in [-0.15, -0.1) is 0 Å². The molecule has 0 aliphatic carbocycles. The molecular weight excluding hydrogens is 322 g/mol. The maximum absolute atomic E-state index is 12.2. The Morgan fingerprint density at radius 3 is 2.68 bits per heavy atom. The molecule has 6 heteroatoms. The van der Waals surface area contributed by atoms with Gasteiger partial charge in [0.2, 0.25) is 0 Å². The molecule has 0 atom stereocenters. The van der Waals surface area contributed by atoms with Gasteiger partial charge in [-0.2, -0.15) is 0 Å². The zero-order valence-electron chi connectivity index (χ0n) is 14.5. The lowest BCUT2D eigenvalue weighted by molar-refractivity contribution is 0.0694. The molecule has 0 fully saturated rings. The van der Waals surface area contributed by atoms with E-state index in [2.05, 4.69) is 5.32 Å². The molecule has 0 bridgehead atoms. The van der Waals surface area contributed by atoms with Crippen molar-refractivity contribution in [1.82, 2.24) is 5.32 Å². The molecule has 1 aromatic heterocycles. The number of nitrogens with one attached hydrogen (secondary N) is 1. The van der Waals surface area contributed by atoms with E-state index in [4.69, 9.17) is 14.3 Å². The average Bonchev–Trinajstić information content (AvgIpc) is 2.93. The van der Waals surface area contributed by atoms with E-state index in [0.29, 0.717) is 29.4 Å². The molecule has 0 aliphatic rings. The minimum Gasteiger partial charge on any atom is -0.490 e. The van der Waals surface area contributed by atoms with Gasteiger partial charge in [-0.25, -0.2) is 4.79 Å². The lowest BCUT2D eigenvalue weighted by Gasteiger charge is -2.07. The number of benzene rings is 1. The molecule has 1 aromatic carbocycles. The summed E-state index contributed by atoms with van der Waals surface area (Å²) in [6, 6.07) is 8.28. The van der Waals surface area contributed by atoms with Gasteiger partial charge >= 0.3 is 5.97 Å². The highest BCUT2D eigenvalue weighted by molar-refractivity contribution is 5.94. The molecule has 0 saturated heterocycles. The molecule has 1 heterocycles. The largest absolute Gasteiger partial charge is 0.490 e. The molecule has 0 saturated carbocycles. The SMILES string of the molecule is CC(C)=CCOc1cccc(C(=O)NCc2cc(C(=O)O)c(C)o2)c1. The van der Waals surface area contributed by atoms with Crippen LogP contribution in [0, 0.1) is 6.92 Å². The Kier molecular flexibility index (Phi) is 6.00. The van der Waals surface area contributed by atoms with Crippen LogP contribution in [0.5, 0.6) is 5.75 Å². The van der Waals surface area contributed by atoms with E-state index in [1.165, 1.54) is 6.07 Å². The smallest absolute Gasteiger partial charge is 0.339 e. The van der Waals surface area contributed by atoms with Gasteiger partial charge in [-0.1, -0.05) is 11.6 Å². The van der Waals surface area contributed by atoms with Gasteiger partial charge in [0.25, 0.3) is 5.91 Å². The second kappa shape index (κ2) is 8.19. The van der Waals surface area contributed by atoms with E-state index in [1.54, 1.807) is 31.2 Å². The molecule has 2 aromatic rings. The fourth-order valence-corrected chi connectivity index (χ4v) is 2.14. The van der Waals surface area contributed by atoms with Crippen LogP contribution in [0.2, 0.25) is 0 Å². The van der Waals surface area contributed by atoms with Gasteiger partial charge in [0.1, 0.15) is 29.4 Å². The van der Waals surface area contributed by atoms with Crippen molar-refractivity contribution in [1.29, 1.82) is 0 Å². The highest BCUT2D eigenvalue weighted by Crippen LogP contribution is 2.16. The first-order valence-electron chi connectivity index (χ1n) is 7.84. The number of carboxylic acids is 1. The standard InChI is InChI=1S/C19H21NO5/c1-12(2)7-8-24-15-6-4-5-14(9-15)18(21)20-11-16-10-17(19(22)23)13(3)25-16/h4-7,9-10H,8,11H2,1-3H3,(H,20,21)(H,22,23). The quantitative estimate of drug-likeness (QED) is 0.750. The van der Waals surface area contributed by atoms with Crippen LogP contribution in [-0.4, -0.2) is 23.6 Å². The Balaban J connectivity index is 1.97. The summed E-state index contributed by atoms with van der Waals surface area (Å²) in [4.78, 5) is 23.2. The third-order valence-electron chi connectivity index (χ3n) is 3.46. The second-order valence-electron chi connectivity index (χ2n) is 5.79. The fourth-order valence-electron chi connectivity index (χ4n) is 2.14. The van der Waals surface area contributed by atoms with Crippen molar-refractivity contribution in [3.05, 3.63) is 64.6 Å². The molecule has 2 rings (SSSR count). The molecule has 2 N–H and O–H groups in total. The number of amides is 1. The second-order valence-corrected chi connectivity index (χ2v) is 5.79. The van der Waals surface area contributed by atoms with Gasteiger partial charge in [-0.05, 0) is 51.1 Å². The Bertz CT molecular complexity index is 800. The highest BCUT2D eigenvalue weighted by Gasteiger charge is 2.14. The number of furan rings is 1. The molecule has 132 valence electrons. The number of ether oxygens (including phenoxy) is 1. The minimum atomic E-state index is -1.06. The van der Waals surface area contributed by atoms with Gasteiger partial charge in [0, 0.05) is 5.56 Å². The van der Waals surface area contributed by atoms with E-state index in [9.17, 15) is 9.59 Å². The molecule has 0 radical (unpaired) electrons. The lowest BCUT2D eigenvalue weighted by Crippen LogP contribution is -2.22. The van der Waals surface area contributed by atoms with E-state index in [-0.39, 0.29) is 18.0 Å². The van der Waals surface area contributed by atoms with Crippen LogP contribution in [0.1, 0.15) is 46.1 Å².